The molecule has 0 saturated carbocycles. The summed E-state index contributed by atoms with van der Waals surface area (Å²) < 4.78 is 13.5. The second-order valence-corrected chi connectivity index (χ2v) is 6.89. The molecule has 0 aliphatic rings. The number of aromatic nitrogens is 5. The zero-order chi connectivity index (χ0) is 20.5. The number of carbonyl (C=O) groups is 1. The van der Waals surface area contributed by atoms with Crippen LogP contribution in [0.3, 0.4) is 0 Å². The summed E-state index contributed by atoms with van der Waals surface area (Å²) in [4.78, 5) is 25.4. The van der Waals surface area contributed by atoms with Crippen LogP contribution in [0.2, 0.25) is 0 Å². The van der Waals surface area contributed by atoms with Crippen LogP contribution in [0.25, 0.3) is 33.2 Å². The molecular formula is C22H17FN6O. The van der Waals surface area contributed by atoms with Crippen LogP contribution in [0, 0.1) is 0 Å². The van der Waals surface area contributed by atoms with Gasteiger partial charge in [-0.05, 0) is 29.8 Å². The first-order chi connectivity index (χ1) is 14.7. The minimum atomic E-state index is -0.747. The number of pyridine rings is 1. The number of alkyl halides is 1. The number of benzene rings is 2. The van der Waals surface area contributed by atoms with Gasteiger partial charge in [0.25, 0.3) is 5.91 Å². The average molecular weight is 400 g/mol. The number of aromatic amines is 2. The Balaban J connectivity index is 1.48. The van der Waals surface area contributed by atoms with E-state index in [1.807, 2.05) is 30.3 Å². The average Bonchev–Trinajstić information content (AvgIpc) is 3.40. The summed E-state index contributed by atoms with van der Waals surface area (Å²) in [5, 5.41) is 9.87. The lowest BCUT2D eigenvalue weighted by Crippen LogP contribution is -2.30. The van der Waals surface area contributed by atoms with Gasteiger partial charge in [-0.1, -0.05) is 30.3 Å². The molecule has 5 aromatic rings. The first-order valence-electron chi connectivity index (χ1n) is 9.43. The molecule has 0 aliphatic carbocycles. The molecule has 8 heteroatoms. The Bertz CT molecular complexity index is 1330. The van der Waals surface area contributed by atoms with Gasteiger partial charge in [-0.2, -0.15) is 0 Å². The number of H-pyrrole nitrogens is 2. The molecule has 148 valence electrons. The molecule has 0 fully saturated rings. The Morgan fingerprint density at radius 3 is 2.47 bits per heavy atom. The highest BCUT2D eigenvalue weighted by atomic mass is 19.1. The summed E-state index contributed by atoms with van der Waals surface area (Å²) in [7, 11) is 0. The van der Waals surface area contributed by atoms with Crippen molar-refractivity contribution in [1.82, 2.24) is 30.5 Å². The number of carbonyl (C=O) groups excluding carboxylic acids is 1. The predicted octanol–water partition coefficient (Wildman–Crippen LogP) is 3.94. The summed E-state index contributed by atoms with van der Waals surface area (Å²) >= 11 is 0. The van der Waals surface area contributed by atoms with E-state index in [0.29, 0.717) is 16.6 Å². The molecule has 0 bridgehead atoms. The van der Waals surface area contributed by atoms with Crippen LogP contribution in [0.5, 0.6) is 0 Å². The molecule has 3 aromatic heterocycles. The molecule has 0 aliphatic heterocycles. The monoisotopic (exact) mass is 400 g/mol. The van der Waals surface area contributed by atoms with Crippen molar-refractivity contribution < 1.29 is 9.18 Å². The number of hydrogen-bond acceptors (Lipinski definition) is 4. The SMILES string of the molecule is O=C(NC(CF)c1ccccc1)c1nc2cc3[nH][nH]c(-c4ccncc4)c3cc2n1. The molecule has 3 heterocycles. The van der Waals surface area contributed by atoms with Gasteiger partial charge in [-0.15, -0.1) is 0 Å². The van der Waals surface area contributed by atoms with E-state index in [9.17, 15) is 9.18 Å². The zero-order valence-corrected chi connectivity index (χ0v) is 15.8. The Morgan fingerprint density at radius 1 is 1.00 bits per heavy atom. The number of amides is 1. The van der Waals surface area contributed by atoms with E-state index >= 15 is 0 Å². The highest BCUT2D eigenvalue weighted by Gasteiger charge is 2.20. The molecule has 2 aromatic carbocycles. The molecule has 5 rings (SSSR count). The molecule has 7 nitrogen and oxygen atoms in total. The lowest BCUT2D eigenvalue weighted by Gasteiger charge is -2.14. The topological polar surface area (TPSA) is 99.3 Å². The molecule has 0 saturated heterocycles. The fraction of sp³-hybridized carbons (Fsp3) is 0.0909. The maximum atomic E-state index is 13.5. The van der Waals surface area contributed by atoms with Crippen LogP contribution in [0.1, 0.15) is 22.2 Å². The molecule has 30 heavy (non-hydrogen) atoms. The van der Waals surface area contributed by atoms with Crippen molar-refractivity contribution in [3.05, 3.63) is 78.4 Å². The van der Waals surface area contributed by atoms with Crippen molar-refractivity contribution in [2.75, 3.05) is 6.67 Å². The first-order valence-corrected chi connectivity index (χ1v) is 9.43. The highest BCUT2D eigenvalue weighted by molar-refractivity contribution is 6.02. The molecule has 0 radical (unpaired) electrons. The lowest BCUT2D eigenvalue weighted by molar-refractivity contribution is 0.0920. The van der Waals surface area contributed by atoms with E-state index in [1.54, 1.807) is 36.7 Å². The van der Waals surface area contributed by atoms with Gasteiger partial charge in [0.1, 0.15) is 6.67 Å². The Morgan fingerprint density at radius 2 is 1.73 bits per heavy atom. The third-order valence-corrected chi connectivity index (χ3v) is 4.99. The van der Waals surface area contributed by atoms with Gasteiger partial charge in [0.15, 0.2) is 0 Å². The maximum Gasteiger partial charge on any atom is 0.289 e. The van der Waals surface area contributed by atoms with Gasteiger partial charge in [-0.25, -0.2) is 14.4 Å². The standard InChI is InChI=1S/C22H17FN6O/c23-12-19(13-4-2-1-3-5-13)27-22(30)21-25-17-10-15-16(11-18(17)26-21)28-29-20(15)14-6-8-24-9-7-14/h1-11,19,28-29H,12H2,(H,27,30). The van der Waals surface area contributed by atoms with Crippen molar-refractivity contribution in [1.29, 1.82) is 0 Å². The van der Waals surface area contributed by atoms with E-state index in [1.165, 1.54) is 0 Å². The van der Waals surface area contributed by atoms with E-state index in [-0.39, 0.29) is 5.82 Å². The minimum absolute atomic E-state index is 0.0153. The normalized spacial score (nSPS) is 12.3. The van der Waals surface area contributed by atoms with Crippen LogP contribution in [-0.2, 0) is 0 Å². The predicted molar refractivity (Wildman–Crippen MR) is 112 cm³/mol. The van der Waals surface area contributed by atoms with Crippen molar-refractivity contribution in [2.45, 2.75) is 6.04 Å². The number of fused-ring (bicyclic) bond motifs is 2. The van der Waals surface area contributed by atoms with E-state index in [2.05, 4.69) is 30.5 Å². The molecule has 3 N–H and O–H groups in total. The van der Waals surface area contributed by atoms with Crippen LogP contribution < -0.4 is 5.32 Å². The van der Waals surface area contributed by atoms with Gasteiger partial charge >= 0.3 is 0 Å². The fourth-order valence-electron chi connectivity index (χ4n) is 3.48. The van der Waals surface area contributed by atoms with E-state index < -0.39 is 18.6 Å². The van der Waals surface area contributed by atoms with Crippen LogP contribution >= 0.6 is 0 Å². The summed E-state index contributed by atoms with van der Waals surface area (Å²) in [6, 6.07) is 15.8. The summed E-state index contributed by atoms with van der Waals surface area (Å²) in [5.41, 5.74) is 4.57. The summed E-state index contributed by atoms with van der Waals surface area (Å²) in [6.07, 6.45) is 3.44. The van der Waals surface area contributed by atoms with Crippen molar-refractivity contribution in [3.8, 4) is 11.3 Å². The number of rotatable bonds is 5. The number of hydrogen-bond donors (Lipinski definition) is 3. The summed E-state index contributed by atoms with van der Waals surface area (Å²) in [5.74, 6) is -0.497. The number of halogens is 1. The Hall–Kier alpha value is -4.07. The van der Waals surface area contributed by atoms with Crippen molar-refractivity contribution in [3.63, 3.8) is 0 Å². The zero-order valence-electron chi connectivity index (χ0n) is 15.8. The van der Waals surface area contributed by atoms with Crippen molar-refractivity contribution >= 4 is 27.8 Å². The highest BCUT2D eigenvalue weighted by Crippen LogP contribution is 2.29. The van der Waals surface area contributed by atoms with Gasteiger partial charge in [0, 0.05) is 23.3 Å². The van der Waals surface area contributed by atoms with Gasteiger partial charge < -0.3 is 10.4 Å². The van der Waals surface area contributed by atoms with E-state index in [0.717, 1.165) is 22.2 Å². The fourth-order valence-corrected chi connectivity index (χ4v) is 3.48. The minimum Gasteiger partial charge on any atom is -0.340 e. The Kier molecular flexibility index (Phi) is 4.44. The number of imidazole rings is 1. The first kappa shape index (κ1) is 18.0. The smallest absolute Gasteiger partial charge is 0.289 e. The van der Waals surface area contributed by atoms with Gasteiger partial charge in [0.05, 0.1) is 28.3 Å². The number of nitrogens with zero attached hydrogens (tertiary/aromatic N) is 3. The lowest BCUT2D eigenvalue weighted by atomic mass is 10.1. The van der Waals surface area contributed by atoms with Gasteiger partial charge in [-0.3, -0.25) is 14.9 Å². The van der Waals surface area contributed by atoms with Crippen LogP contribution in [0.15, 0.2) is 67.0 Å². The Labute approximate surface area is 170 Å². The molecule has 1 atom stereocenters. The van der Waals surface area contributed by atoms with E-state index in [4.69, 9.17) is 0 Å². The van der Waals surface area contributed by atoms with Crippen molar-refractivity contribution in [2.24, 2.45) is 0 Å². The second kappa shape index (κ2) is 7.40. The quantitative estimate of drug-likeness (QED) is 0.416. The number of nitrogens with one attached hydrogen (secondary N) is 3. The molecular weight excluding hydrogens is 383 g/mol. The maximum absolute atomic E-state index is 13.5. The molecule has 0 spiro atoms. The summed E-state index contributed by atoms with van der Waals surface area (Å²) in [6.45, 7) is -0.718. The third-order valence-electron chi connectivity index (χ3n) is 4.99. The van der Waals surface area contributed by atoms with Gasteiger partial charge in [0.2, 0.25) is 5.82 Å². The second-order valence-electron chi connectivity index (χ2n) is 6.89. The van der Waals surface area contributed by atoms with Crippen LogP contribution in [0.4, 0.5) is 4.39 Å². The molecule has 1 unspecified atom stereocenters. The van der Waals surface area contributed by atoms with Crippen LogP contribution in [-0.4, -0.2) is 37.7 Å². The third kappa shape index (κ3) is 3.18. The largest absolute Gasteiger partial charge is 0.340 e. The molecule has 1 amide bonds.